The monoisotopic (exact) mass is 307 g/mol. The summed E-state index contributed by atoms with van der Waals surface area (Å²) < 4.78 is 5.38. The molecule has 0 bridgehead atoms. The Morgan fingerprint density at radius 2 is 1.87 bits per heavy atom. The molecule has 0 spiro atoms. The fourth-order valence-corrected chi connectivity index (χ4v) is 2.70. The van der Waals surface area contributed by atoms with Crippen LogP contribution in [0.4, 0.5) is 0 Å². The SMILES string of the molecule is COc1ccccc1-c1cc(C(=O)O)c2ccc(C)c(C)c2n1. The molecule has 3 aromatic rings. The topological polar surface area (TPSA) is 59.4 Å². The zero-order valence-electron chi connectivity index (χ0n) is 13.3. The minimum Gasteiger partial charge on any atom is -0.496 e. The van der Waals surface area contributed by atoms with Crippen LogP contribution in [0.25, 0.3) is 22.2 Å². The number of para-hydroxylation sites is 1. The predicted molar refractivity (Wildman–Crippen MR) is 90.2 cm³/mol. The lowest BCUT2D eigenvalue weighted by atomic mass is 9.99. The van der Waals surface area contributed by atoms with E-state index in [4.69, 9.17) is 9.72 Å². The molecule has 2 aromatic carbocycles. The van der Waals surface area contributed by atoms with Gasteiger partial charge >= 0.3 is 5.97 Å². The molecular weight excluding hydrogens is 290 g/mol. The highest BCUT2D eigenvalue weighted by Crippen LogP contribution is 2.32. The molecule has 0 fully saturated rings. The second-order valence-electron chi connectivity index (χ2n) is 5.46. The van der Waals surface area contributed by atoms with Crippen LogP contribution in [-0.2, 0) is 0 Å². The Bertz CT molecular complexity index is 916. The van der Waals surface area contributed by atoms with Crippen molar-refractivity contribution in [1.29, 1.82) is 0 Å². The van der Waals surface area contributed by atoms with Crippen molar-refractivity contribution in [1.82, 2.24) is 4.98 Å². The Balaban J connectivity index is 2.39. The fourth-order valence-electron chi connectivity index (χ4n) is 2.70. The quantitative estimate of drug-likeness (QED) is 0.787. The van der Waals surface area contributed by atoms with E-state index in [1.54, 1.807) is 13.2 Å². The molecule has 0 aliphatic heterocycles. The van der Waals surface area contributed by atoms with Gasteiger partial charge in [0.25, 0.3) is 0 Å². The first kappa shape index (κ1) is 15.0. The first-order valence-corrected chi connectivity index (χ1v) is 7.30. The number of aromatic carboxylic acids is 1. The Kier molecular flexibility index (Phi) is 3.74. The van der Waals surface area contributed by atoms with Crippen LogP contribution >= 0.6 is 0 Å². The molecule has 1 aromatic heterocycles. The molecular formula is C19H17NO3. The molecule has 0 aliphatic rings. The third-order valence-corrected chi connectivity index (χ3v) is 4.12. The third kappa shape index (κ3) is 2.52. The molecule has 1 heterocycles. The summed E-state index contributed by atoms with van der Waals surface area (Å²) in [5.41, 5.74) is 4.41. The molecule has 0 saturated carbocycles. The van der Waals surface area contributed by atoms with Gasteiger partial charge in [0.05, 0.1) is 23.9 Å². The normalized spacial score (nSPS) is 10.7. The first-order valence-electron chi connectivity index (χ1n) is 7.30. The fraction of sp³-hybridized carbons (Fsp3) is 0.158. The average molecular weight is 307 g/mol. The van der Waals surface area contributed by atoms with Crippen molar-refractivity contribution in [2.24, 2.45) is 0 Å². The summed E-state index contributed by atoms with van der Waals surface area (Å²) in [6.45, 7) is 3.95. The van der Waals surface area contributed by atoms with Crippen LogP contribution in [0.2, 0.25) is 0 Å². The Morgan fingerprint density at radius 1 is 1.13 bits per heavy atom. The number of aromatic nitrogens is 1. The molecule has 116 valence electrons. The van der Waals surface area contributed by atoms with Gasteiger partial charge in [-0.05, 0) is 43.2 Å². The number of ether oxygens (including phenoxy) is 1. The van der Waals surface area contributed by atoms with Gasteiger partial charge in [-0.3, -0.25) is 0 Å². The molecule has 4 heteroatoms. The maximum Gasteiger partial charge on any atom is 0.336 e. The number of pyridine rings is 1. The summed E-state index contributed by atoms with van der Waals surface area (Å²) >= 11 is 0. The number of hydrogen-bond acceptors (Lipinski definition) is 3. The number of nitrogens with zero attached hydrogens (tertiary/aromatic N) is 1. The zero-order chi connectivity index (χ0) is 16.6. The van der Waals surface area contributed by atoms with Crippen molar-refractivity contribution in [3.05, 3.63) is 59.2 Å². The number of methoxy groups -OCH3 is 1. The lowest BCUT2D eigenvalue weighted by Crippen LogP contribution is -2.02. The predicted octanol–water partition coefficient (Wildman–Crippen LogP) is 4.23. The molecule has 4 nitrogen and oxygen atoms in total. The van der Waals surface area contributed by atoms with Gasteiger partial charge in [0.1, 0.15) is 5.75 Å². The van der Waals surface area contributed by atoms with Gasteiger partial charge < -0.3 is 9.84 Å². The molecule has 0 radical (unpaired) electrons. The van der Waals surface area contributed by atoms with E-state index >= 15 is 0 Å². The van der Waals surface area contributed by atoms with Crippen LogP contribution in [-0.4, -0.2) is 23.2 Å². The molecule has 0 unspecified atom stereocenters. The number of fused-ring (bicyclic) bond motifs is 1. The number of carboxylic acids is 1. The molecule has 0 amide bonds. The Labute approximate surface area is 134 Å². The maximum absolute atomic E-state index is 11.7. The summed E-state index contributed by atoms with van der Waals surface area (Å²) in [5.74, 6) is -0.294. The summed E-state index contributed by atoms with van der Waals surface area (Å²) in [6.07, 6.45) is 0. The van der Waals surface area contributed by atoms with Crippen molar-refractivity contribution >= 4 is 16.9 Å². The van der Waals surface area contributed by atoms with Gasteiger partial charge in [0.2, 0.25) is 0 Å². The van der Waals surface area contributed by atoms with E-state index in [2.05, 4.69) is 0 Å². The van der Waals surface area contributed by atoms with E-state index in [1.165, 1.54) is 0 Å². The van der Waals surface area contributed by atoms with Gasteiger partial charge in [0, 0.05) is 10.9 Å². The molecule has 3 rings (SSSR count). The lowest BCUT2D eigenvalue weighted by molar-refractivity contribution is 0.0699. The summed E-state index contributed by atoms with van der Waals surface area (Å²) in [7, 11) is 1.59. The molecule has 0 aliphatic carbocycles. The average Bonchev–Trinajstić information content (AvgIpc) is 2.57. The second kappa shape index (κ2) is 5.72. The van der Waals surface area contributed by atoms with Crippen LogP contribution in [0.15, 0.2) is 42.5 Å². The van der Waals surface area contributed by atoms with E-state index in [1.807, 2.05) is 50.2 Å². The Hall–Kier alpha value is -2.88. The van der Waals surface area contributed by atoms with E-state index in [0.29, 0.717) is 22.3 Å². The van der Waals surface area contributed by atoms with Crippen molar-refractivity contribution < 1.29 is 14.6 Å². The number of carbonyl (C=O) groups is 1. The van der Waals surface area contributed by atoms with Gasteiger partial charge in [-0.25, -0.2) is 9.78 Å². The highest BCUT2D eigenvalue weighted by molar-refractivity contribution is 6.04. The minimum atomic E-state index is -0.961. The molecule has 1 N–H and O–H groups in total. The van der Waals surface area contributed by atoms with Gasteiger partial charge in [-0.2, -0.15) is 0 Å². The molecule has 0 atom stereocenters. The van der Waals surface area contributed by atoms with Crippen LogP contribution in [0, 0.1) is 13.8 Å². The lowest BCUT2D eigenvalue weighted by Gasteiger charge is -2.12. The minimum absolute atomic E-state index is 0.249. The van der Waals surface area contributed by atoms with Crippen LogP contribution in [0.1, 0.15) is 21.5 Å². The molecule has 0 saturated heterocycles. The van der Waals surface area contributed by atoms with E-state index < -0.39 is 5.97 Å². The van der Waals surface area contributed by atoms with E-state index in [9.17, 15) is 9.90 Å². The second-order valence-corrected chi connectivity index (χ2v) is 5.46. The molecule has 23 heavy (non-hydrogen) atoms. The largest absolute Gasteiger partial charge is 0.496 e. The van der Waals surface area contributed by atoms with Crippen molar-refractivity contribution in [3.8, 4) is 17.0 Å². The van der Waals surface area contributed by atoms with E-state index in [0.717, 1.165) is 16.7 Å². The smallest absolute Gasteiger partial charge is 0.336 e. The standard InChI is InChI=1S/C19H17NO3/c1-11-8-9-13-15(19(21)22)10-16(20-18(13)12(11)2)14-6-4-5-7-17(14)23-3/h4-10H,1-3H3,(H,21,22). The number of rotatable bonds is 3. The highest BCUT2D eigenvalue weighted by Gasteiger charge is 2.16. The zero-order valence-corrected chi connectivity index (χ0v) is 13.3. The van der Waals surface area contributed by atoms with Crippen LogP contribution < -0.4 is 4.74 Å². The van der Waals surface area contributed by atoms with Gasteiger partial charge in [0.15, 0.2) is 0 Å². The summed E-state index contributed by atoms with van der Waals surface area (Å²) in [5, 5.41) is 10.2. The number of carboxylic acid groups (broad SMARTS) is 1. The highest BCUT2D eigenvalue weighted by atomic mass is 16.5. The number of aryl methyl sites for hydroxylation is 2. The third-order valence-electron chi connectivity index (χ3n) is 4.12. The van der Waals surface area contributed by atoms with Crippen molar-refractivity contribution in [2.75, 3.05) is 7.11 Å². The Morgan fingerprint density at radius 3 is 2.57 bits per heavy atom. The van der Waals surface area contributed by atoms with Crippen molar-refractivity contribution in [2.45, 2.75) is 13.8 Å². The maximum atomic E-state index is 11.7. The first-order chi connectivity index (χ1) is 11.0. The van der Waals surface area contributed by atoms with Gasteiger partial charge in [-0.1, -0.05) is 24.3 Å². The van der Waals surface area contributed by atoms with E-state index in [-0.39, 0.29) is 5.56 Å². The van der Waals surface area contributed by atoms with Crippen LogP contribution in [0.3, 0.4) is 0 Å². The van der Waals surface area contributed by atoms with Crippen molar-refractivity contribution in [3.63, 3.8) is 0 Å². The van der Waals surface area contributed by atoms with Crippen LogP contribution in [0.5, 0.6) is 5.75 Å². The summed E-state index contributed by atoms with van der Waals surface area (Å²) in [4.78, 5) is 16.4. The number of benzene rings is 2. The summed E-state index contributed by atoms with van der Waals surface area (Å²) in [6, 6.07) is 12.8. The van der Waals surface area contributed by atoms with Gasteiger partial charge in [-0.15, -0.1) is 0 Å². The number of hydrogen-bond donors (Lipinski definition) is 1.